The number of aliphatic imine (C=N–C) groups is 1. The third-order valence-electron chi connectivity index (χ3n) is 3.46. The van der Waals surface area contributed by atoms with Gasteiger partial charge in [-0.25, -0.2) is 0 Å². The predicted octanol–water partition coefficient (Wildman–Crippen LogP) is 1.85. The molecule has 1 atom stereocenters. The van der Waals surface area contributed by atoms with Gasteiger partial charge in [-0.05, 0) is 38.2 Å². The number of benzene rings is 1. The summed E-state index contributed by atoms with van der Waals surface area (Å²) in [5.74, 6) is 1.80. The van der Waals surface area contributed by atoms with Gasteiger partial charge in [0, 0.05) is 19.6 Å². The number of rotatable bonds is 5. The van der Waals surface area contributed by atoms with Gasteiger partial charge in [0.1, 0.15) is 5.75 Å². The minimum atomic E-state index is 0. The average Bonchev–Trinajstić information content (AvgIpc) is 2.48. The largest absolute Gasteiger partial charge is 0.497 e. The van der Waals surface area contributed by atoms with E-state index in [2.05, 4.69) is 46.8 Å². The lowest BCUT2D eigenvalue weighted by molar-refractivity contribution is 0.297. The molecule has 0 bridgehead atoms. The van der Waals surface area contributed by atoms with E-state index in [1.807, 2.05) is 12.1 Å². The molecule has 0 radical (unpaired) electrons. The van der Waals surface area contributed by atoms with Crippen LogP contribution in [0, 0.1) is 0 Å². The molecule has 118 valence electrons. The zero-order valence-corrected chi connectivity index (χ0v) is 15.3. The maximum atomic E-state index is 5.30. The molecule has 1 heterocycles. The monoisotopic (exact) mass is 404 g/mol. The maximum Gasteiger partial charge on any atom is 0.191 e. The van der Waals surface area contributed by atoms with Crippen LogP contribution in [0.25, 0.3) is 0 Å². The molecule has 0 aliphatic carbocycles. The highest BCUT2D eigenvalue weighted by atomic mass is 127. The molecule has 0 spiro atoms. The zero-order chi connectivity index (χ0) is 14.4. The van der Waals surface area contributed by atoms with Crippen molar-refractivity contribution in [1.82, 2.24) is 15.5 Å². The topological polar surface area (TPSA) is 48.9 Å². The number of guanidine groups is 1. The molecule has 2 rings (SSSR count). The average molecular weight is 404 g/mol. The lowest BCUT2D eigenvalue weighted by Gasteiger charge is -2.27. The number of nitrogens with one attached hydrogen (secondary N) is 2. The Morgan fingerprint density at radius 1 is 1.43 bits per heavy atom. The van der Waals surface area contributed by atoms with Crippen molar-refractivity contribution in [2.45, 2.75) is 12.5 Å². The number of hydrogen-bond acceptors (Lipinski definition) is 5. The third-order valence-corrected chi connectivity index (χ3v) is 3.46. The van der Waals surface area contributed by atoms with Crippen molar-refractivity contribution >= 4 is 29.9 Å². The number of nitrogens with zero attached hydrogens (tertiary/aromatic N) is 2. The molecule has 0 saturated heterocycles. The zero-order valence-electron chi connectivity index (χ0n) is 12.9. The van der Waals surface area contributed by atoms with Gasteiger partial charge < -0.3 is 20.3 Å². The van der Waals surface area contributed by atoms with Crippen LogP contribution in [0.3, 0.4) is 0 Å². The Kier molecular flexibility index (Phi) is 7.81. The van der Waals surface area contributed by atoms with E-state index in [-0.39, 0.29) is 30.0 Å². The van der Waals surface area contributed by atoms with E-state index >= 15 is 0 Å². The molecule has 5 nitrogen and oxygen atoms in total. The van der Waals surface area contributed by atoms with Crippen LogP contribution in [0.4, 0.5) is 0 Å². The first-order chi connectivity index (χ1) is 9.70. The second-order valence-electron chi connectivity index (χ2n) is 5.15. The van der Waals surface area contributed by atoms with E-state index in [1.165, 1.54) is 5.56 Å². The summed E-state index contributed by atoms with van der Waals surface area (Å²) >= 11 is 0. The molecular weight excluding hydrogens is 379 g/mol. The molecule has 1 aromatic rings. The summed E-state index contributed by atoms with van der Waals surface area (Å²) in [4.78, 5) is 6.64. The molecule has 2 N–H and O–H groups in total. The van der Waals surface area contributed by atoms with Gasteiger partial charge in [-0.3, -0.25) is 4.99 Å². The Bertz CT molecular complexity index is 465. The second kappa shape index (κ2) is 9.09. The summed E-state index contributed by atoms with van der Waals surface area (Å²) in [5, 5.41) is 6.68. The van der Waals surface area contributed by atoms with Gasteiger partial charge in [-0.1, -0.05) is 12.1 Å². The Morgan fingerprint density at radius 3 is 2.86 bits per heavy atom. The lowest BCUT2D eigenvalue weighted by atomic mass is 10.1. The normalized spacial score (nSPS) is 15.5. The van der Waals surface area contributed by atoms with Gasteiger partial charge in [0.15, 0.2) is 5.96 Å². The van der Waals surface area contributed by atoms with E-state index in [1.54, 1.807) is 7.11 Å². The summed E-state index contributed by atoms with van der Waals surface area (Å²) in [6.07, 6.45) is 1.11. The summed E-state index contributed by atoms with van der Waals surface area (Å²) in [7, 11) is 5.87. The van der Waals surface area contributed by atoms with Gasteiger partial charge in [-0.2, -0.15) is 0 Å². The number of likely N-dealkylation sites (N-methyl/N-ethyl adjacent to an activating group) is 1. The molecule has 1 unspecified atom stereocenters. The van der Waals surface area contributed by atoms with Crippen molar-refractivity contribution in [3.8, 4) is 5.75 Å². The highest BCUT2D eigenvalue weighted by molar-refractivity contribution is 14.0. The van der Waals surface area contributed by atoms with Crippen LogP contribution in [0.15, 0.2) is 29.3 Å². The molecule has 0 aromatic heterocycles. The molecule has 1 aliphatic heterocycles. The molecule has 0 fully saturated rings. The standard InChI is InChI=1S/C15H24N4O.HI/c1-19(2)14(11-18-15-16-8-5-9-17-15)12-6-4-7-13(10-12)20-3;/h4,6-7,10,14H,5,8-9,11H2,1-3H3,(H2,16,17,18);1H. The Morgan fingerprint density at radius 2 is 2.24 bits per heavy atom. The fourth-order valence-corrected chi connectivity index (χ4v) is 2.29. The molecule has 0 saturated carbocycles. The number of ether oxygens (including phenoxy) is 1. The fraction of sp³-hybridized carbons (Fsp3) is 0.533. The minimum absolute atomic E-state index is 0. The Hall–Kier alpha value is -1.02. The third kappa shape index (κ3) is 5.35. The van der Waals surface area contributed by atoms with Gasteiger partial charge in [0.2, 0.25) is 0 Å². The molecular formula is C15H25IN4O. The highest BCUT2D eigenvalue weighted by Gasteiger charge is 2.15. The smallest absolute Gasteiger partial charge is 0.191 e. The molecule has 1 aliphatic rings. The number of halogens is 1. The second-order valence-corrected chi connectivity index (χ2v) is 5.15. The van der Waals surface area contributed by atoms with Crippen molar-refractivity contribution in [2.24, 2.45) is 4.99 Å². The summed E-state index contributed by atoms with van der Waals surface area (Å²) in [5.41, 5.74) is 1.23. The quantitative estimate of drug-likeness (QED) is 0.736. The van der Waals surface area contributed by atoms with Crippen molar-refractivity contribution in [1.29, 1.82) is 0 Å². The van der Waals surface area contributed by atoms with Crippen molar-refractivity contribution < 1.29 is 4.74 Å². The fourth-order valence-electron chi connectivity index (χ4n) is 2.29. The van der Waals surface area contributed by atoms with E-state index in [0.29, 0.717) is 0 Å². The van der Waals surface area contributed by atoms with Gasteiger partial charge in [-0.15, -0.1) is 24.0 Å². The Labute approximate surface area is 144 Å². The first-order valence-corrected chi connectivity index (χ1v) is 7.03. The first-order valence-electron chi connectivity index (χ1n) is 7.03. The van der Waals surface area contributed by atoms with Crippen LogP contribution < -0.4 is 15.4 Å². The van der Waals surface area contributed by atoms with Crippen LogP contribution in [0.2, 0.25) is 0 Å². The van der Waals surface area contributed by atoms with Gasteiger partial charge in [0.25, 0.3) is 0 Å². The minimum Gasteiger partial charge on any atom is -0.497 e. The van der Waals surface area contributed by atoms with E-state index in [0.717, 1.165) is 37.8 Å². The SMILES string of the molecule is COc1cccc(C(CNC2=NCCCN2)N(C)C)c1.I. The van der Waals surface area contributed by atoms with Crippen LogP contribution in [-0.4, -0.2) is 51.7 Å². The van der Waals surface area contributed by atoms with E-state index in [9.17, 15) is 0 Å². The number of methoxy groups -OCH3 is 1. The Balaban J connectivity index is 0.00000220. The molecule has 6 heteroatoms. The molecule has 1 aromatic carbocycles. The van der Waals surface area contributed by atoms with Crippen LogP contribution in [-0.2, 0) is 0 Å². The summed E-state index contributed by atoms with van der Waals surface area (Å²) in [6.45, 7) is 2.71. The van der Waals surface area contributed by atoms with Gasteiger partial charge >= 0.3 is 0 Å². The molecule has 0 amide bonds. The van der Waals surface area contributed by atoms with Gasteiger partial charge in [0.05, 0.1) is 13.2 Å². The van der Waals surface area contributed by atoms with Crippen molar-refractivity contribution in [2.75, 3.05) is 40.8 Å². The summed E-state index contributed by atoms with van der Waals surface area (Å²) in [6, 6.07) is 8.49. The lowest BCUT2D eigenvalue weighted by Crippen LogP contribution is -2.44. The van der Waals surface area contributed by atoms with Crippen molar-refractivity contribution in [3.63, 3.8) is 0 Å². The van der Waals surface area contributed by atoms with Crippen molar-refractivity contribution in [3.05, 3.63) is 29.8 Å². The summed E-state index contributed by atoms with van der Waals surface area (Å²) < 4.78 is 5.30. The van der Waals surface area contributed by atoms with Crippen LogP contribution in [0.1, 0.15) is 18.0 Å². The van der Waals surface area contributed by atoms with Crippen LogP contribution >= 0.6 is 24.0 Å². The van der Waals surface area contributed by atoms with E-state index in [4.69, 9.17) is 4.74 Å². The van der Waals surface area contributed by atoms with E-state index < -0.39 is 0 Å². The van der Waals surface area contributed by atoms with Crippen LogP contribution in [0.5, 0.6) is 5.75 Å². The highest BCUT2D eigenvalue weighted by Crippen LogP contribution is 2.22. The predicted molar refractivity (Wildman–Crippen MR) is 97.8 cm³/mol. The number of hydrogen-bond donors (Lipinski definition) is 2. The molecule has 21 heavy (non-hydrogen) atoms. The first kappa shape index (κ1) is 18.0. The maximum absolute atomic E-state index is 5.30.